The maximum Gasteiger partial charge on any atom is 0.236 e. The van der Waals surface area contributed by atoms with Crippen molar-refractivity contribution in [3.8, 4) is 11.3 Å². The van der Waals surface area contributed by atoms with Gasteiger partial charge in [0, 0.05) is 24.8 Å². The summed E-state index contributed by atoms with van der Waals surface area (Å²) in [5, 5.41) is 16.0. The normalized spacial score (nSPS) is 14.6. The fraction of sp³-hybridized carbons (Fsp3) is 0.375. The highest BCUT2D eigenvalue weighted by molar-refractivity contribution is 6.33. The highest BCUT2D eigenvalue weighted by atomic mass is 35.5. The SMILES string of the molecule is CNCC(=O)N1CCC(n2nc(C)c(Nc3ncc(Cl)c(-c4cnn5ccccc45)n3)c2C)CC1. The molecule has 1 amide bonds. The van der Waals surface area contributed by atoms with Crippen molar-refractivity contribution < 1.29 is 4.79 Å². The first-order valence-electron chi connectivity index (χ1n) is 11.7. The molecule has 182 valence electrons. The number of aryl methyl sites for hydroxylation is 1. The maximum absolute atomic E-state index is 12.2. The average molecular weight is 494 g/mol. The van der Waals surface area contributed by atoms with E-state index in [4.69, 9.17) is 21.7 Å². The van der Waals surface area contributed by atoms with Gasteiger partial charge in [-0.15, -0.1) is 0 Å². The van der Waals surface area contributed by atoms with Crippen LogP contribution in [0.5, 0.6) is 0 Å². The molecule has 0 spiro atoms. The van der Waals surface area contributed by atoms with Crippen molar-refractivity contribution in [3.05, 3.63) is 53.2 Å². The van der Waals surface area contributed by atoms with Crippen molar-refractivity contribution in [1.29, 1.82) is 0 Å². The van der Waals surface area contributed by atoms with Gasteiger partial charge in [-0.3, -0.25) is 9.48 Å². The standard InChI is InChI=1S/C24H28ClN9O/c1-15-22(16(2)34(31-15)17-7-10-32(11-8-17)21(35)14-26-3)29-24-27-13-19(25)23(30-24)18-12-28-33-9-5-4-6-20(18)33/h4-6,9,12-13,17,26H,7-8,10-11,14H2,1-3H3,(H,27,29,30). The summed E-state index contributed by atoms with van der Waals surface area (Å²) in [6, 6.07) is 6.09. The predicted octanol–water partition coefficient (Wildman–Crippen LogP) is 3.38. The van der Waals surface area contributed by atoms with E-state index in [9.17, 15) is 4.79 Å². The number of pyridine rings is 1. The van der Waals surface area contributed by atoms with Crippen LogP contribution in [0.3, 0.4) is 0 Å². The molecule has 1 aliphatic heterocycles. The number of carbonyl (C=O) groups excluding carboxylic acids is 1. The Morgan fingerprint density at radius 3 is 2.77 bits per heavy atom. The number of hydrogen-bond acceptors (Lipinski definition) is 7. The highest BCUT2D eigenvalue weighted by Crippen LogP contribution is 2.32. The van der Waals surface area contributed by atoms with Gasteiger partial charge in [-0.05, 0) is 45.9 Å². The Hall–Kier alpha value is -3.50. The smallest absolute Gasteiger partial charge is 0.236 e. The summed E-state index contributed by atoms with van der Waals surface area (Å²) >= 11 is 6.47. The lowest BCUT2D eigenvalue weighted by Crippen LogP contribution is -2.42. The van der Waals surface area contributed by atoms with Gasteiger partial charge in [0.15, 0.2) is 0 Å². The Kier molecular flexibility index (Phi) is 6.40. The maximum atomic E-state index is 12.2. The Morgan fingerprint density at radius 2 is 2.00 bits per heavy atom. The molecule has 4 aromatic rings. The predicted molar refractivity (Wildman–Crippen MR) is 135 cm³/mol. The van der Waals surface area contributed by atoms with E-state index in [1.807, 2.05) is 43.1 Å². The molecule has 1 fully saturated rings. The van der Waals surface area contributed by atoms with Gasteiger partial charge in [-0.1, -0.05) is 17.7 Å². The molecule has 5 rings (SSSR count). The second kappa shape index (κ2) is 9.63. The number of carbonyl (C=O) groups is 1. The van der Waals surface area contributed by atoms with Crippen LogP contribution >= 0.6 is 11.6 Å². The molecular formula is C24H28ClN9O. The van der Waals surface area contributed by atoms with E-state index in [1.165, 1.54) is 0 Å². The Bertz CT molecular complexity index is 1370. The van der Waals surface area contributed by atoms with E-state index in [1.54, 1.807) is 24.0 Å². The molecule has 0 atom stereocenters. The van der Waals surface area contributed by atoms with Crippen LogP contribution in [0.4, 0.5) is 11.6 Å². The van der Waals surface area contributed by atoms with E-state index in [0.717, 1.165) is 54.1 Å². The van der Waals surface area contributed by atoms with Gasteiger partial charge in [0.05, 0.1) is 58.3 Å². The summed E-state index contributed by atoms with van der Waals surface area (Å²) in [4.78, 5) is 23.2. The molecule has 4 aromatic heterocycles. The average Bonchev–Trinajstić information content (AvgIpc) is 3.42. The fourth-order valence-electron chi connectivity index (χ4n) is 4.67. The van der Waals surface area contributed by atoms with Gasteiger partial charge in [-0.25, -0.2) is 14.5 Å². The molecule has 11 heteroatoms. The summed E-state index contributed by atoms with van der Waals surface area (Å²) in [6.45, 7) is 5.85. The summed E-state index contributed by atoms with van der Waals surface area (Å²) in [6.07, 6.45) is 6.98. The van der Waals surface area contributed by atoms with Crippen LogP contribution in [-0.2, 0) is 4.79 Å². The molecule has 5 heterocycles. The number of fused-ring (bicyclic) bond motifs is 1. The first-order chi connectivity index (χ1) is 17.0. The van der Waals surface area contributed by atoms with Crippen LogP contribution in [-0.4, -0.2) is 66.9 Å². The van der Waals surface area contributed by atoms with E-state index in [2.05, 4.69) is 25.4 Å². The number of piperidine rings is 1. The van der Waals surface area contributed by atoms with E-state index in [-0.39, 0.29) is 11.9 Å². The third-order valence-electron chi connectivity index (χ3n) is 6.48. The molecule has 0 unspecified atom stereocenters. The van der Waals surface area contributed by atoms with E-state index >= 15 is 0 Å². The highest BCUT2D eigenvalue weighted by Gasteiger charge is 2.26. The minimum Gasteiger partial charge on any atom is -0.341 e. The molecule has 2 N–H and O–H groups in total. The minimum atomic E-state index is 0.142. The van der Waals surface area contributed by atoms with Gasteiger partial charge in [0.2, 0.25) is 11.9 Å². The second-order valence-electron chi connectivity index (χ2n) is 8.74. The number of nitrogens with one attached hydrogen (secondary N) is 2. The summed E-state index contributed by atoms with van der Waals surface area (Å²) in [7, 11) is 1.79. The number of aromatic nitrogens is 6. The second-order valence-corrected chi connectivity index (χ2v) is 9.14. The van der Waals surface area contributed by atoms with Gasteiger partial charge < -0.3 is 15.5 Å². The number of hydrogen-bond donors (Lipinski definition) is 2. The van der Waals surface area contributed by atoms with Crippen molar-refractivity contribution >= 4 is 34.7 Å². The molecule has 1 saturated heterocycles. The van der Waals surface area contributed by atoms with Crippen molar-refractivity contribution in [3.63, 3.8) is 0 Å². The monoisotopic (exact) mass is 493 g/mol. The molecule has 0 aromatic carbocycles. The third-order valence-corrected chi connectivity index (χ3v) is 6.76. The zero-order valence-corrected chi connectivity index (χ0v) is 20.7. The molecular weight excluding hydrogens is 466 g/mol. The van der Waals surface area contributed by atoms with E-state index in [0.29, 0.717) is 23.2 Å². The van der Waals surface area contributed by atoms with Crippen molar-refractivity contribution in [1.82, 2.24) is 39.6 Å². The van der Waals surface area contributed by atoms with Crippen molar-refractivity contribution in [2.45, 2.75) is 32.7 Å². The molecule has 1 aliphatic rings. The first-order valence-corrected chi connectivity index (χ1v) is 12.0. The topological polar surface area (TPSA) is 105 Å². The van der Waals surface area contributed by atoms with Crippen molar-refractivity contribution in [2.24, 2.45) is 0 Å². The Balaban J connectivity index is 1.37. The zero-order valence-electron chi connectivity index (χ0n) is 20.0. The molecule has 0 radical (unpaired) electrons. The molecule has 0 saturated carbocycles. The van der Waals surface area contributed by atoms with Gasteiger partial charge in [0.1, 0.15) is 0 Å². The van der Waals surface area contributed by atoms with Gasteiger partial charge >= 0.3 is 0 Å². The van der Waals surface area contributed by atoms with Crippen LogP contribution in [0.2, 0.25) is 5.02 Å². The molecule has 10 nitrogen and oxygen atoms in total. The lowest BCUT2D eigenvalue weighted by Gasteiger charge is -2.32. The molecule has 35 heavy (non-hydrogen) atoms. The van der Waals surface area contributed by atoms with Crippen LogP contribution in [0.15, 0.2) is 36.8 Å². The Labute approximate surface area is 208 Å². The molecule has 0 bridgehead atoms. The Morgan fingerprint density at radius 1 is 1.20 bits per heavy atom. The number of likely N-dealkylation sites (N-methyl/N-ethyl adjacent to an activating group) is 1. The van der Waals surface area contributed by atoms with Crippen LogP contribution < -0.4 is 10.6 Å². The summed E-state index contributed by atoms with van der Waals surface area (Å²) in [5.74, 6) is 0.585. The van der Waals surface area contributed by atoms with Crippen LogP contribution in [0, 0.1) is 13.8 Å². The van der Waals surface area contributed by atoms with Gasteiger partial charge in [-0.2, -0.15) is 10.2 Å². The first kappa shape index (κ1) is 23.3. The zero-order chi connectivity index (χ0) is 24.5. The van der Waals surface area contributed by atoms with E-state index < -0.39 is 0 Å². The number of anilines is 2. The number of likely N-dealkylation sites (tertiary alicyclic amines) is 1. The lowest BCUT2D eigenvalue weighted by atomic mass is 10.0. The third kappa shape index (κ3) is 4.46. The van der Waals surface area contributed by atoms with Crippen molar-refractivity contribution in [2.75, 3.05) is 32.0 Å². The number of rotatable bonds is 6. The quantitative estimate of drug-likeness (QED) is 0.424. The van der Waals surface area contributed by atoms with Crippen LogP contribution in [0.25, 0.3) is 16.8 Å². The lowest BCUT2D eigenvalue weighted by molar-refractivity contribution is -0.131. The number of halogens is 1. The van der Waals surface area contributed by atoms with Crippen LogP contribution in [0.1, 0.15) is 30.3 Å². The number of amides is 1. The fourth-order valence-corrected chi connectivity index (χ4v) is 4.86. The molecule has 0 aliphatic carbocycles. The summed E-state index contributed by atoms with van der Waals surface area (Å²) in [5.41, 5.74) is 5.13. The van der Waals surface area contributed by atoms with Gasteiger partial charge in [0.25, 0.3) is 0 Å². The minimum absolute atomic E-state index is 0.142. The number of nitrogens with zero attached hydrogens (tertiary/aromatic N) is 7. The summed E-state index contributed by atoms with van der Waals surface area (Å²) < 4.78 is 3.86. The largest absolute Gasteiger partial charge is 0.341 e.